The fraction of sp³-hybridized carbons (Fsp3) is 0.286. The molecule has 3 aromatic rings. The lowest BCUT2D eigenvalue weighted by atomic mass is 10.00. The van der Waals surface area contributed by atoms with Gasteiger partial charge in [-0.1, -0.05) is 12.8 Å². The van der Waals surface area contributed by atoms with Crippen LogP contribution in [0.2, 0.25) is 0 Å². The van der Waals surface area contributed by atoms with Crippen LogP contribution in [0.3, 0.4) is 0 Å². The van der Waals surface area contributed by atoms with Gasteiger partial charge in [0.2, 0.25) is 0 Å². The van der Waals surface area contributed by atoms with Crippen molar-refractivity contribution in [1.82, 2.24) is 20.4 Å². The SMILES string of the molecule is O=C(NNC(=O)c1cc2c(s1)CCCCCC2)c1ccc(-n2ccnc2)c([N+](=O)[O-])c1. The van der Waals surface area contributed by atoms with Crippen molar-refractivity contribution >= 4 is 28.8 Å². The molecule has 1 aliphatic carbocycles. The molecular weight excluding hydrogens is 418 g/mol. The third kappa shape index (κ3) is 4.64. The second-order valence-electron chi connectivity index (χ2n) is 7.31. The van der Waals surface area contributed by atoms with Crippen molar-refractivity contribution < 1.29 is 14.5 Å². The first kappa shape index (κ1) is 20.7. The number of nitrogens with zero attached hydrogens (tertiary/aromatic N) is 3. The zero-order chi connectivity index (χ0) is 21.8. The lowest BCUT2D eigenvalue weighted by Crippen LogP contribution is -2.41. The number of nitro groups is 1. The van der Waals surface area contributed by atoms with Gasteiger partial charge in [-0.15, -0.1) is 11.3 Å². The molecule has 0 saturated carbocycles. The predicted octanol–water partition coefficient (Wildman–Crippen LogP) is 3.58. The number of benzene rings is 1. The van der Waals surface area contributed by atoms with Crippen molar-refractivity contribution in [3.05, 3.63) is 74.0 Å². The van der Waals surface area contributed by atoms with Crippen LogP contribution in [0.1, 0.15) is 56.2 Å². The molecule has 2 N–H and O–H groups in total. The molecule has 160 valence electrons. The first-order valence-corrected chi connectivity index (χ1v) is 10.8. The maximum Gasteiger partial charge on any atom is 0.294 e. The Kier molecular flexibility index (Phi) is 6.08. The summed E-state index contributed by atoms with van der Waals surface area (Å²) in [5.74, 6) is -1.03. The minimum atomic E-state index is -0.636. The van der Waals surface area contributed by atoms with E-state index in [2.05, 4.69) is 15.8 Å². The molecule has 0 bridgehead atoms. The molecule has 2 heterocycles. The molecule has 0 atom stereocenters. The normalized spacial score (nSPS) is 13.5. The third-order valence-corrected chi connectivity index (χ3v) is 6.46. The van der Waals surface area contributed by atoms with E-state index in [-0.39, 0.29) is 11.3 Å². The van der Waals surface area contributed by atoms with Gasteiger partial charge in [-0.25, -0.2) is 4.98 Å². The minimum Gasteiger partial charge on any atom is -0.300 e. The third-order valence-electron chi connectivity index (χ3n) is 5.23. The van der Waals surface area contributed by atoms with Gasteiger partial charge in [0.15, 0.2) is 0 Å². The molecule has 0 saturated heterocycles. The van der Waals surface area contributed by atoms with Gasteiger partial charge in [0, 0.05) is 28.9 Å². The Bertz CT molecular complexity index is 1100. The second kappa shape index (κ2) is 9.09. The summed E-state index contributed by atoms with van der Waals surface area (Å²) < 4.78 is 1.49. The van der Waals surface area contributed by atoms with Gasteiger partial charge in [0.1, 0.15) is 5.69 Å². The average molecular weight is 439 g/mol. The number of hydrazine groups is 1. The number of hydrogen-bond acceptors (Lipinski definition) is 6. The summed E-state index contributed by atoms with van der Waals surface area (Å²) in [4.78, 5) is 41.6. The molecule has 0 radical (unpaired) electrons. The van der Waals surface area contributed by atoms with Crippen LogP contribution in [-0.4, -0.2) is 26.3 Å². The number of hydrogen-bond donors (Lipinski definition) is 2. The highest BCUT2D eigenvalue weighted by atomic mass is 32.1. The number of rotatable bonds is 4. The first-order chi connectivity index (χ1) is 15.0. The summed E-state index contributed by atoms with van der Waals surface area (Å²) in [6.45, 7) is 0. The molecule has 2 aromatic heterocycles. The van der Waals surface area contributed by atoms with Crippen LogP contribution in [0.4, 0.5) is 5.69 Å². The van der Waals surface area contributed by atoms with Gasteiger partial charge in [-0.05, 0) is 49.4 Å². The number of imidazole rings is 1. The van der Waals surface area contributed by atoms with E-state index >= 15 is 0 Å². The number of nitro benzene ring substituents is 1. The van der Waals surface area contributed by atoms with E-state index in [0.29, 0.717) is 10.6 Å². The van der Waals surface area contributed by atoms with Gasteiger partial charge in [-0.3, -0.25) is 30.6 Å². The van der Waals surface area contributed by atoms with Crippen LogP contribution >= 0.6 is 11.3 Å². The highest BCUT2D eigenvalue weighted by molar-refractivity contribution is 7.14. The minimum absolute atomic E-state index is 0.0642. The topological polar surface area (TPSA) is 119 Å². The van der Waals surface area contributed by atoms with E-state index in [9.17, 15) is 19.7 Å². The fourth-order valence-electron chi connectivity index (χ4n) is 3.63. The number of thiophene rings is 1. The number of fused-ring (bicyclic) bond motifs is 1. The summed E-state index contributed by atoms with van der Waals surface area (Å²) in [5.41, 5.74) is 6.09. The van der Waals surface area contributed by atoms with Gasteiger partial charge in [-0.2, -0.15) is 0 Å². The van der Waals surface area contributed by atoms with Crippen molar-refractivity contribution in [3.63, 3.8) is 0 Å². The molecule has 9 nitrogen and oxygen atoms in total. The van der Waals surface area contributed by atoms with Crippen molar-refractivity contribution in [2.45, 2.75) is 38.5 Å². The number of aryl methyl sites for hydroxylation is 2. The molecule has 10 heteroatoms. The standard InChI is InChI=1S/C21H21N5O4S/c27-20(15-7-8-16(17(11-15)26(29)30)25-10-9-22-13-25)23-24-21(28)19-12-14-5-3-1-2-4-6-18(14)31-19/h7-13H,1-6H2,(H,23,27)(H,24,28). The second-order valence-corrected chi connectivity index (χ2v) is 8.45. The van der Waals surface area contributed by atoms with Crippen molar-refractivity contribution in [2.75, 3.05) is 0 Å². The van der Waals surface area contributed by atoms with E-state index in [4.69, 9.17) is 0 Å². The molecule has 31 heavy (non-hydrogen) atoms. The number of carbonyl (C=O) groups is 2. The van der Waals surface area contributed by atoms with Crippen LogP contribution in [0.15, 0.2) is 43.0 Å². The van der Waals surface area contributed by atoms with Gasteiger partial charge in [0.05, 0.1) is 16.1 Å². The monoisotopic (exact) mass is 439 g/mol. The Morgan fingerprint density at radius 3 is 2.58 bits per heavy atom. The molecule has 4 rings (SSSR count). The zero-order valence-corrected chi connectivity index (χ0v) is 17.5. The Morgan fingerprint density at radius 1 is 1.06 bits per heavy atom. The van der Waals surface area contributed by atoms with E-state index in [0.717, 1.165) is 25.7 Å². The summed E-state index contributed by atoms with van der Waals surface area (Å²) in [6, 6.07) is 6.00. The van der Waals surface area contributed by atoms with Crippen LogP contribution in [-0.2, 0) is 12.8 Å². The molecular formula is C21H21N5O4S. The first-order valence-electron chi connectivity index (χ1n) is 10.0. The van der Waals surface area contributed by atoms with Gasteiger partial charge < -0.3 is 4.57 Å². The maximum absolute atomic E-state index is 12.5. The van der Waals surface area contributed by atoms with Gasteiger partial charge >= 0.3 is 0 Å². The Morgan fingerprint density at radius 2 is 1.84 bits per heavy atom. The number of aromatic nitrogens is 2. The highest BCUT2D eigenvalue weighted by Gasteiger charge is 2.20. The molecule has 0 aliphatic heterocycles. The summed E-state index contributed by atoms with van der Waals surface area (Å²) in [7, 11) is 0. The van der Waals surface area contributed by atoms with E-state index < -0.39 is 16.7 Å². The van der Waals surface area contributed by atoms with Gasteiger partial charge in [0.25, 0.3) is 17.5 Å². The van der Waals surface area contributed by atoms with Crippen LogP contribution in [0, 0.1) is 10.1 Å². The lowest BCUT2D eigenvalue weighted by molar-refractivity contribution is -0.384. The van der Waals surface area contributed by atoms with Crippen molar-refractivity contribution in [2.24, 2.45) is 0 Å². The summed E-state index contributed by atoms with van der Waals surface area (Å²) in [6.07, 6.45) is 11.1. The van der Waals surface area contributed by atoms with E-state index in [1.807, 2.05) is 6.07 Å². The Balaban J connectivity index is 1.45. The highest BCUT2D eigenvalue weighted by Crippen LogP contribution is 2.28. The maximum atomic E-state index is 12.5. The zero-order valence-electron chi connectivity index (χ0n) is 16.7. The quantitative estimate of drug-likeness (QED) is 0.476. The average Bonchev–Trinajstić information content (AvgIpc) is 3.41. The molecule has 1 aromatic carbocycles. The van der Waals surface area contributed by atoms with E-state index in [1.165, 1.54) is 69.9 Å². The Labute approximate surface area is 182 Å². The van der Waals surface area contributed by atoms with E-state index in [1.54, 1.807) is 6.20 Å². The predicted molar refractivity (Wildman–Crippen MR) is 115 cm³/mol. The molecule has 0 spiro atoms. The molecule has 0 unspecified atom stereocenters. The molecule has 0 fully saturated rings. The van der Waals surface area contributed by atoms with Crippen LogP contribution in [0.5, 0.6) is 0 Å². The largest absolute Gasteiger partial charge is 0.300 e. The summed E-state index contributed by atoms with van der Waals surface area (Å²) in [5, 5.41) is 11.5. The number of nitrogens with one attached hydrogen (secondary N) is 2. The van der Waals surface area contributed by atoms with Crippen molar-refractivity contribution in [3.8, 4) is 5.69 Å². The molecule has 1 aliphatic rings. The van der Waals surface area contributed by atoms with Crippen LogP contribution < -0.4 is 10.9 Å². The Hall–Kier alpha value is -3.53. The fourth-order valence-corrected chi connectivity index (χ4v) is 4.78. The van der Waals surface area contributed by atoms with Crippen molar-refractivity contribution in [1.29, 1.82) is 0 Å². The summed E-state index contributed by atoms with van der Waals surface area (Å²) >= 11 is 1.46. The lowest BCUT2D eigenvalue weighted by Gasteiger charge is -2.08. The number of carbonyl (C=O) groups excluding carboxylic acids is 2. The number of amides is 2. The smallest absolute Gasteiger partial charge is 0.294 e. The molecule has 2 amide bonds. The van der Waals surface area contributed by atoms with Crippen LogP contribution in [0.25, 0.3) is 5.69 Å².